The van der Waals surface area contributed by atoms with Crippen molar-refractivity contribution in [3.05, 3.63) is 23.8 Å². The SMILES string of the molecule is Cc1ccc(S(=O)(=O)N(C)C)cc1NC(=O)C(C)[N+]12CCN(CC1)CC2.[Cl-]. The summed E-state index contributed by atoms with van der Waals surface area (Å²) in [5, 5.41) is 2.98. The average Bonchev–Trinajstić information content (AvgIpc) is 2.64. The number of benzene rings is 1. The molecule has 1 aromatic rings. The van der Waals surface area contributed by atoms with E-state index in [-0.39, 0.29) is 29.3 Å². The molecule has 3 aliphatic heterocycles. The Hall–Kier alpha value is -1.19. The summed E-state index contributed by atoms with van der Waals surface area (Å²) < 4.78 is 26.7. The first-order chi connectivity index (χ1) is 12.2. The number of sulfonamides is 1. The lowest BCUT2D eigenvalue weighted by molar-refractivity contribution is -0.953. The molecule has 152 valence electrons. The average molecular weight is 417 g/mol. The predicted molar refractivity (Wildman–Crippen MR) is 101 cm³/mol. The monoisotopic (exact) mass is 416 g/mol. The maximum Gasteiger partial charge on any atom is 0.282 e. The Morgan fingerprint density at radius 2 is 1.74 bits per heavy atom. The Morgan fingerprint density at radius 1 is 1.19 bits per heavy atom. The molecule has 2 bridgehead atoms. The highest BCUT2D eigenvalue weighted by atomic mass is 35.5. The third-order valence-electron chi connectivity index (χ3n) is 6.03. The van der Waals surface area contributed by atoms with E-state index in [4.69, 9.17) is 0 Å². The van der Waals surface area contributed by atoms with Crippen LogP contribution >= 0.6 is 0 Å². The number of carbonyl (C=O) groups is 1. The van der Waals surface area contributed by atoms with E-state index in [1.807, 2.05) is 13.8 Å². The van der Waals surface area contributed by atoms with E-state index in [2.05, 4.69) is 10.2 Å². The third-order valence-corrected chi connectivity index (χ3v) is 7.84. The van der Waals surface area contributed by atoms with E-state index in [1.165, 1.54) is 18.4 Å². The van der Waals surface area contributed by atoms with Crippen LogP contribution in [0.1, 0.15) is 12.5 Å². The van der Waals surface area contributed by atoms with Crippen LogP contribution in [0, 0.1) is 6.92 Å². The Balaban J connectivity index is 0.00000261. The van der Waals surface area contributed by atoms with Crippen molar-refractivity contribution < 1.29 is 30.1 Å². The minimum absolute atomic E-state index is 0. The summed E-state index contributed by atoms with van der Waals surface area (Å²) >= 11 is 0. The fourth-order valence-electron chi connectivity index (χ4n) is 3.87. The van der Waals surface area contributed by atoms with Crippen molar-refractivity contribution in [2.75, 3.05) is 58.7 Å². The molecule has 27 heavy (non-hydrogen) atoms. The Morgan fingerprint density at radius 3 is 2.26 bits per heavy atom. The maximum atomic E-state index is 12.9. The van der Waals surface area contributed by atoms with Gasteiger partial charge < -0.3 is 22.2 Å². The topological polar surface area (TPSA) is 69.7 Å². The van der Waals surface area contributed by atoms with Gasteiger partial charge in [-0.2, -0.15) is 0 Å². The number of hydrogen-bond donors (Lipinski definition) is 1. The number of hydrogen-bond acceptors (Lipinski definition) is 4. The van der Waals surface area contributed by atoms with Crippen LogP contribution in [0.2, 0.25) is 0 Å². The van der Waals surface area contributed by atoms with Crippen molar-refractivity contribution in [2.24, 2.45) is 0 Å². The Labute approximate surface area is 168 Å². The van der Waals surface area contributed by atoms with E-state index in [0.29, 0.717) is 5.69 Å². The molecule has 3 fully saturated rings. The molecular weight excluding hydrogens is 388 g/mol. The maximum absolute atomic E-state index is 12.9. The molecule has 0 aliphatic carbocycles. The highest BCUT2D eigenvalue weighted by Crippen LogP contribution is 2.26. The number of piperazine rings is 3. The van der Waals surface area contributed by atoms with Crippen LogP contribution < -0.4 is 17.7 Å². The van der Waals surface area contributed by atoms with Gasteiger partial charge in [0.1, 0.15) is 0 Å². The van der Waals surface area contributed by atoms with E-state index < -0.39 is 10.0 Å². The first kappa shape index (κ1) is 22.1. The van der Waals surface area contributed by atoms with E-state index in [1.54, 1.807) is 18.2 Å². The second-order valence-electron chi connectivity index (χ2n) is 7.66. The standard InChI is InChI=1S/C18H28N4O3S.ClH/c1-14-5-6-16(26(24,25)20(3)4)13-17(14)19-18(23)15(2)22-10-7-21(8-11-22)9-12-22;/h5-6,13,15H,7-12H2,1-4H3;1H. The molecule has 1 unspecified atom stereocenters. The summed E-state index contributed by atoms with van der Waals surface area (Å²) in [5.74, 6) is -0.0390. The Kier molecular flexibility index (Phi) is 6.59. The van der Waals surface area contributed by atoms with Crippen molar-refractivity contribution >= 4 is 21.6 Å². The number of halogens is 1. The van der Waals surface area contributed by atoms with Gasteiger partial charge in [0.25, 0.3) is 5.91 Å². The summed E-state index contributed by atoms with van der Waals surface area (Å²) in [4.78, 5) is 15.6. The molecule has 3 heterocycles. The number of nitrogens with zero attached hydrogens (tertiary/aromatic N) is 3. The number of quaternary nitrogens is 1. The molecular formula is C18H29ClN4O3S. The largest absolute Gasteiger partial charge is 1.00 e. The minimum atomic E-state index is -3.53. The smallest absolute Gasteiger partial charge is 0.282 e. The molecule has 0 radical (unpaired) electrons. The second-order valence-corrected chi connectivity index (χ2v) is 9.81. The summed E-state index contributed by atoms with van der Waals surface area (Å²) in [6.45, 7) is 10.0. The van der Waals surface area contributed by atoms with E-state index >= 15 is 0 Å². The molecule has 7 nitrogen and oxygen atoms in total. The Bertz CT molecular complexity index is 791. The minimum Gasteiger partial charge on any atom is -1.00 e. The van der Waals surface area contributed by atoms with Gasteiger partial charge in [-0.3, -0.25) is 9.69 Å². The number of anilines is 1. The predicted octanol–water partition coefficient (Wildman–Crippen LogP) is -2.28. The first-order valence-electron chi connectivity index (χ1n) is 9.08. The molecule has 1 aromatic carbocycles. The van der Waals surface area contributed by atoms with Crippen LogP contribution in [0.15, 0.2) is 23.1 Å². The molecule has 4 rings (SSSR count). The lowest BCUT2D eigenvalue weighted by atomic mass is 10.1. The van der Waals surface area contributed by atoms with Crippen molar-refractivity contribution in [2.45, 2.75) is 24.8 Å². The number of fused-ring (bicyclic) bond motifs is 3. The lowest BCUT2D eigenvalue weighted by Crippen LogP contribution is -3.00. The third kappa shape index (κ3) is 4.14. The zero-order valence-electron chi connectivity index (χ0n) is 16.4. The molecule has 3 aliphatic rings. The van der Waals surface area contributed by atoms with Crippen LogP contribution in [-0.2, 0) is 14.8 Å². The zero-order valence-corrected chi connectivity index (χ0v) is 18.0. The van der Waals surface area contributed by atoms with Gasteiger partial charge in [0, 0.05) is 39.4 Å². The number of carbonyl (C=O) groups excluding carboxylic acids is 1. The number of aryl methyl sites for hydroxylation is 1. The van der Waals surface area contributed by atoms with Crippen LogP contribution in [0.3, 0.4) is 0 Å². The van der Waals surface area contributed by atoms with E-state index in [0.717, 1.165) is 49.3 Å². The van der Waals surface area contributed by atoms with Crippen LogP contribution in [0.5, 0.6) is 0 Å². The zero-order chi connectivity index (χ0) is 19.1. The van der Waals surface area contributed by atoms with Gasteiger partial charge in [-0.25, -0.2) is 12.7 Å². The fraction of sp³-hybridized carbons (Fsp3) is 0.611. The molecule has 1 atom stereocenters. The molecule has 1 amide bonds. The van der Waals surface area contributed by atoms with E-state index in [9.17, 15) is 13.2 Å². The van der Waals surface area contributed by atoms with Gasteiger partial charge in [-0.1, -0.05) is 6.07 Å². The summed E-state index contributed by atoms with van der Waals surface area (Å²) in [7, 11) is -0.527. The first-order valence-corrected chi connectivity index (χ1v) is 10.5. The fourth-order valence-corrected chi connectivity index (χ4v) is 4.79. The number of nitrogens with one attached hydrogen (secondary N) is 1. The van der Waals surface area contributed by atoms with Gasteiger partial charge >= 0.3 is 0 Å². The highest BCUT2D eigenvalue weighted by molar-refractivity contribution is 7.89. The van der Waals surface area contributed by atoms with Gasteiger partial charge in [-0.05, 0) is 31.5 Å². The molecule has 9 heteroatoms. The number of amides is 1. The van der Waals surface area contributed by atoms with Gasteiger partial charge in [0.15, 0.2) is 6.04 Å². The normalized spacial score (nSPS) is 25.7. The molecule has 0 spiro atoms. The summed E-state index contributed by atoms with van der Waals surface area (Å²) in [6.07, 6.45) is 0. The van der Waals surface area contributed by atoms with Gasteiger partial charge in [-0.15, -0.1) is 0 Å². The summed E-state index contributed by atoms with van der Waals surface area (Å²) in [5.41, 5.74) is 1.42. The van der Waals surface area contributed by atoms with Crippen LogP contribution in [0.4, 0.5) is 5.69 Å². The van der Waals surface area contributed by atoms with Crippen molar-refractivity contribution in [1.82, 2.24) is 9.21 Å². The van der Waals surface area contributed by atoms with Crippen molar-refractivity contribution in [1.29, 1.82) is 0 Å². The lowest BCUT2D eigenvalue weighted by Gasteiger charge is -2.52. The molecule has 1 N–H and O–H groups in total. The highest BCUT2D eigenvalue weighted by Gasteiger charge is 2.45. The quantitative estimate of drug-likeness (QED) is 0.549. The van der Waals surface area contributed by atoms with Gasteiger partial charge in [0.05, 0.1) is 24.5 Å². The van der Waals surface area contributed by atoms with Crippen LogP contribution in [-0.4, -0.2) is 87.4 Å². The van der Waals surface area contributed by atoms with Crippen LogP contribution in [0.25, 0.3) is 0 Å². The molecule has 0 saturated carbocycles. The van der Waals surface area contributed by atoms with Crippen molar-refractivity contribution in [3.8, 4) is 0 Å². The number of rotatable bonds is 5. The second kappa shape index (κ2) is 8.05. The van der Waals surface area contributed by atoms with Gasteiger partial charge in [0.2, 0.25) is 10.0 Å². The van der Waals surface area contributed by atoms with Crippen molar-refractivity contribution in [3.63, 3.8) is 0 Å². The molecule has 0 aromatic heterocycles. The molecule has 3 saturated heterocycles. The summed E-state index contributed by atoms with van der Waals surface area (Å²) in [6, 6.07) is 4.73.